The van der Waals surface area contributed by atoms with Crippen LogP contribution in [0.2, 0.25) is 0 Å². The molecule has 4 rings (SSSR count). The molecule has 0 aliphatic carbocycles. The third kappa shape index (κ3) is 5.64. The molecule has 1 saturated heterocycles. The van der Waals surface area contributed by atoms with Crippen LogP contribution in [0.4, 0.5) is 0 Å². The molecule has 1 fully saturated rings. The maximum absolute atomic E-state index is 13.4. The molecule has 7 nitrogen and oxygen atoms in total. The maximum Gasteiger partial charge on any atom is 0.278 e. The first-order valence-electron chi connectivity index (χ1n) is 11.6. The van der Waals surface area contributed by atoms with Gasteiger partial charge in [0.2, 0.25) is 0 Å². The summed E-state index contributed by atoms with van der Waals surface area (Å²) in [7, 11) is 0. The number of amidine groups is 1. The molecule has 1 aromatic carbocycles. The first-order valence-corrected chi connectivity index (χ1v) is 12.4. The van der Waals surface area contributed by atoms with E-state index in [9.17, 15) is 4.79 Å². The number of hydrogen-bond donors (Lipinski definition) is 2. The number of nitrogens with one attached hydrogen (secondary N) is 2. The normalized spacial score (nSPS) is 16.4. The monoisotopic (exact) mass is 484 g/mol. The first kappa shape index (κ1) is 24.3. The van der Waals surface area contributed by atoms with E-state index in [2.05, 4.69) is 40.7 Å². The van der Waals surface area contributed by atoms with Crippen molar-refractivity contribution in [3.05, 3.63) is 87.7 Å². The third-order valence-electron chi connectivity index (χ3n) is 5.41. The summed E-state index contributed by atoms with van der Waals surface area (Å²) >= 11 is 1.33. The molecule has 1 aromatic heterocycles. The Hall–Kier alpha value is -3.83. The third-order valence-corrected chi connectivity index (χ3v) is 6.40. The molecular weight excluding hydrogens is 456 g/mol. The van der Waals surface area contributed by atoms with Gasteiger partial charge in [0.25, 0.3) is 5.91 Å². The summed E-state index contributed by atoms with van der Waals surface area (Å²) in [6, 6.07) is 14.0. The van der Waals surface area contributed by atoms with Crippen LogP contribution in [0, 0.1) is 11.3 Å². The van der Waals surface area contributed by atoms with Crippen molar-refractivity contribution in [1.29, 1.82) is 5.41 Å². The van der Waals surface area contributed by atoms with Gasteiger partial charge < -0.3 is 5.32 Å². The lowest BCUT2D eigenvalue weighted by molar-refractivity contribution is -0.134. The number of nitrogens with zero attached hydrogens (tertiary/aromatic N) is 4. The van der Waals surface area contributed by atoms with Crippen LogP contribution in [-0.4, -0.2) is 45.7 Å². The Bertz CT molecular complexity index is 1270. The molecule has 2 aliphatic rings. The molecule has 2 N–H and O–H groups in total. The van der Waals surface area contributed by atoms with Crippen molar-refractivity contribution >= 4 is 29.4 Å². The molecule has 2 aromatic rings. The molecule has 0 bridgehead atoms. The van der Waals surface area contributed by atoms with Crippen LogP contribution in [0.25, 0.3) is 11.3 Å². The zero-order valence-corrected chi connectivity index (χ0v) is 20.9. The van der Waals surface area contributed by atoms with Gasteiger partial charge in [0.05, 0.1) is 10.7 Å². The second kappa shape index (κ2) is 11.1. The van der Waals surface area contributed by atoms with Gasteiger partial charge in [0, 0.05) is 37.3 Å². The van der Waals surface area contributed by atoms with E-state index >= 15 is 0 Å². The second-order valence-electron chi connectivity index (χ2n) is 8.46. The number of carbonyl (C=O) groups excluding carboxylic acids is 1. The molecule has 178 valence electrons. The average molecular weight is 485 g/mol. The molecule has 2 aliphatic heterocycles. The highest BCUT2D eigenvalue weighted by molar-refractivity contribution is 8.06. The Morgan fingerprint density at radius 3 is 2.60 bits per heavy atom. The molecule has 0 unspecified atom stereocenters. The molecule has 8 heteroatoms. The second-order valence-corrected chi connectivity index (χ2v) is 9.49. The largest absolute Gasteiger partial charge is 0.375 e. The number of aromatic nitrogens is 1. The van der Waals surface area contributed by atoms with Crippen LogP contribution in [0.5, 0.6) is 0 Å². The molecule has 0 radical (unpaired) electrons. The van der Waals surface area contributed by atoms with E-state index in [4.69, 9.17) is 5.41 Å². The Balaban J connectivity index is 1.61. The highest BCUT2D eigenvalue weighted by atomic mass is 32.2. The molecule has 3 heterocycles. The van der Waals surface area contributed by atoms with Crippen LogP contribution in [-0.2, 0) is 11.3 Å². The number of hydrogen-bond acceptors (Lipinski definition) is 6. The summed E-state index contributed by atoms with van der Waals surface area (Å²) in [5, 5.41) is 16.9. The molecular formula is C27H28N6OS. The van der Waals surface area contributed by atoms with E-state index in [1.807, 2.05) is 55.5 Å². The molecule has 35 heavy (non-hydrogen) atoms. The first-order chi connectivity index (χ1) is 17.0. The number of aliphatic imine (C=N–C) groups is 1. The molecule has 1 amide bonds. The van der Waals surface area contributed by atoms with Gasteiger partial charge >= 0.3 is 0 Å². The van der Waals surface area contributed by atoms with Crippen molar-refractivity contribution in [2.75, 3.05) is 13.1 Å². The maximum atomic E-state index is 13.4. The number of likely N-dealkylation sites (N-methyl/N-ethyl adjacent to an activating group) is 1. The van der Waals surface area contributed by atoms with Gasteiger partial charge in [-0.3, -0.25) is 20.2 Å². The number of rotatable bonds is 9. The van der Waals surface area contributed by atoms with E-state index in [0.717, 1.165) is 16.8 Å². The number of amides is 1. The number of carbonyl (C=O) groups is 1. The van der Waals surface area contributed by atoms with E-state index in [-0.39, 0.29) is 11.7 Å². The highest BCUT2D eigenvalue weighted by Crippen LogP contribution is 2.33. The fourth-order valence-corrected chi connectivity index (χ4v) is 4.63. The minimum Gasteiger partial charge on any atom is -0.375 e. The van der Waals surface area contributed by atoms with E-state index in [0.29, 0.717) is 41.2 Å². The fraction of sp³-hybridized carbons (Fsp3) is 0.259. The lowest BCUT2D eigenvalue weighted by atomic mass is 10.1. The predicted octanol–water partition coefficient (Wildman–Crippen LogP) is 4.73. The van der Waals surface area contributed by atoms with Gasteiger partial charge in [-0.2, -0.15) is 4.99 Å². The number of allylic oxidation sites excluding steroid dienone is 2. The Kier molecular flexibility index (Phi) is 7.68. The zero-order valence-electron chi connectivity index (χ0n) is 20.1. The van der Waals surface area contributed by atoms with Gasteiger partial charge in [-0.15, -0.1) is 0 Å². The Morgan fingerprint density at radius 1 is 1.17 bits per heavy atom. The summed E-state index contributed by atoms with van der Waals surface area (Å²) in [4.78, 5) is 22.0. The average Bonchev–Trinajstić information content (AvgIpc) is 3.11. The predicted molar refractivity (Wildman–Crippen MR) is 141 cm³/mol. The summed E-state index contributed by atoms with van der Waals surface area (Å²) in [5.74, 6) is 3.05. The summed E-state index contributed by atoms with van der Waals surface area (Å²) in [6.45, 7) is 7.67. The van der Waals surface area contributed by atoms with Gasteiger partial charge in [-0.05, 0) is 48.4 Å². The lowest BCUT2D eigenvalue weighted by Crippen LogP contribution is -2.42. The van der Waals surface area contributed by atoms with Gasteiger partial charge in [-0.25, -0.2) is 5.01 Å². The summed E-state index contributed by atoms with van der Waals surface area (Å²) in [5.41, 5.74) is 6.17. The van der Waals surface area contributed by atoms with Crippen molar-refractivity contribution < 1.29 is 4.79 Å². The number of thioether (sulfide) groups is 1. The lowest BCUT2D eigenvalue weighted by Gasteiger charge is -2.28. The van der Waals surface area contributed by atoms with Crippen LogP contribution in [0.15, 0.2) is 87.2 Å². The van der Waals surface area contributed by atoms with Crippen LogP contribution < -0.4 is 5.32 Å². The minimum absolute atomic E-state index is 0.176. The minimum atomic E-state index is -0.176. The van der Waals surface area contributed by atoms with Crippen molar-refractivity contribution in [2.24, 2.45) is 10.9 Å². The zero-order chi connectivity index (χ0) is 24.8. The Labute approximate surface area is 210 Å². The van der Waals surface area contributed by atoms with Crippen LogP contribution in [0.1, 0.15) is 26.3 Å². The quantitative estimate of drug-likeness (QED) is 0.397. The number of benzene rings is 1. The highest BCUT2D eigenvalue weighted by Gasteiger charge is 2.40. The van der Waals surface area contributed by atoms with E-state index < -0.39 is 0 Å². The fourth-order valence-electron chi connectivity index (χ4n) is 3.77. The summed E-state index contributed by atoms with van der Waals surface area (Å²) in [6.07, 6.45) is 5.33. The standard InChI is InChI=1S/C27H28N6OS/c1-4-32-27(34)24(25(28)33(32)18-19(2)3)26(35-23-10-6-8-16-30-23)31-17-20-11-13-21(14-12-20)22-9-5-7-15-29-22/h5-7,9-15,19,28,31H,4,17-18H2,1-3H3/b26-24-,28-25?. The van der Waals surface area contributed by atoms with Gasteiger partial charge in [0.1, 0.15) is 10.6 Å². The molecule has 0 saturated carbocycles. The summed E-state index contributed by atoms with van der Waals surface area (Å²) < 4.78 is 0. The van der Waals surface area contributed by atoms with Crippen molar-refractivity contribution in [1.82, 2.24) is 20.3 Å². The van der Waals surface area contributed by atoms with E-state index in [1.165, 1.54) is 11.8 Å². The topological polar surface area (TPSA) is 84.7 Å². The van der Waals surface area contributed by atoms with Crippen molar-refractivity contribution in [3.8, 4) is 11.3 Å². The van der Waals surface area contributed by atoms with Crippen LogP contribution in [0.3, 0.4) is 0 Å². The Morgan fingerprint density at radius 2 is 1.97 bits per heavy atom. The SMILES string of the molecule is CCN1C(=O)/C(=C(/NCc2ccc(-c3ccccn3)cc2)SC2=CC=C=C=N2)C(=N)N1CC(C)C. The van der Waals surface area contributed by atoms with Gasteiger partial charge in [0.15, 0.2) is 5.84 Å². The number of pyridine rings is 1. The molecule has 0 atom stereocenters. The van der Waals surface area contributed by atoms with Gasteiger partial charge in [-0.1, -0.05) is 55.9 Å². The van der Waals surface area contributed by atoms with Crippen LogP contribution >= 0.6 is 11.8 Å². The molecule has 0 spiro atoms. The van der Waals surface area contributed by atoms with E-state index in [1.54, 1.807) is 22.3 Å². The van der Waals surface area contributed by atoms with Crippen molar-refractivity contribution in [2.45, 2.75) is 27.3 Å². The van der Waals surface area contributed by atoms with Crippen molar-refractivity contribution in [3.63, 3.8) is 0 Å². The smallest absolute Gasteiger partial charge is 0.278 e. The number of hydrazine groups is 1.